The molecule has 0 bridgehead atoms. The van der Waals surface area contributed by atoms with E-state index in [-0.39, 0.29) is 6.42 Å². The van der Waals surface area contributed by atoms with Crippen LogP contribution in [0.5, 0.6) is 0 Å². The van der Waals surface area contributed by atoms with Crippen LogP contribution in [0.3, 0.4) is 0 Å². The van der Waals surface area contributed by atoms with Crippen molar-refractivity contribution in [3.05, 3.63) is 27.7 Å². The van der Waals surface area contributed by atoms with E-state index < -0.39 is 12.6 Å². The van der Waals surface area contributed by atoms with Gasteiger partial charge in [-0.25, -0.2) is 0 Å². The molecule has 108 valence electrons. The number of anilines is 1. The van der Waals surface area contributed by atoms with Gasteiger partial charge in [0, 0.05) is 13.0 Å². The third-order valence-electron chi connectivity index (χ3n) is 2.53. The van der Waals surface area contributed by atoms with Crippen LogP contribution >= 0.6 is 23.2 Å². The summed E-state index contributed by atoms with van der Waals surface area (Å²) < 4.78 is 35.7. The summed E-state index contributed by atoms with van der Waals surface area (Å²) in [6.07, 6.45) is -4.22. The minimum absolute atomic E-state index is 0.125. The van der Waals surface area contributed by atoms with E-state index in [0.29, 0.717) is 35.2 Å². The van der Waals surface area contributed by atoms with Crippen molar-refractivity contribution in [3.63, 3.8) is 0 Å². The minimum atomic E-state index is -4.07. The molecule has 0 radical (unpaired) electrons. The van der Waals surface area contributed by atoms with Crippen molar-refractivity contribution in [2.75, 3.05) is 12.3 Å². The topological polar surface area (TPSA) is 38.0 Å². The maximum Gasteiger partial charge on any atom is 0.389 e. The second-order valence-electron chi connectivity index (χ2n) is 4.22. The zero-order chi connectivity index (χ0) is 14.5. The summed E-state index contributed by atoms with van der Waals surface area (Å²) in [5.74, 6) is 0. The first-order valence-corrected chi connectivity index (χ1v) is 6.56. The number of hydrogen-bond acceptors (Lipinski definition) is 2. The van der Waals surface area contributed by atoms with E-state index in [1.165, 1.54) is 0 Å². The lowest BCUT2D eigenvalue weighted by Crippen LogP contribution is -2.16. The molecule has 0 aliphatic heterocycles. The van der Waals surface area contributed by atoms with E-state index >= 15 is 0 Å². The fourth-order valence-electron chi connectivity index (χ4n) is 1.55. The van der Waals surface area contributed by atoms with E-state index in [2.05, 4.69) is 5.32 Å². The maximum atomic E-state index is 11.9. The lowest BCUT2D eigenvalue weighted by atomic mass is 10.2. The maximum absolute atomic E-state index is 11.9. The predicted molar refractivity (Wildman–Crippen MR) is 72.5 cm³/mol. The van der Waals surface area contributed by atoms with E-state index in [0.717, 1.165) is 5.56 Å². The van der Waals surface area contributed by atoms with E-state index in [1.807, 2.05) is 0 Å². The van der Waals surface area contributed by atoms with Crippen LogP contribution in [0.15, 0.2) is 12.1 Å². The lowest BCUT2D eigenvalue weighted by molar-refractivity contribution is -0.135. The van der Waals surface area contributed by atoms with Crippen molar-refractivity contribution < 1.29 is 13.2 Å². The Morgan fingerprint density at radius 2 is 1.68 bits per heavy atom. The molecule has 1 aromatic rings. The molecule has 0 fully saturated rings. The van der Waals surface area contributed by atoms with E-state index in [1.54, 1.807) is 12.1 Å². The number of nitrogen functional groups attached to an aromatic ring is 1. The first kappa shape index (κ1) is 16.4. The molecule has 0 aliphatic rings. The Labute approximate surface area is 120 Å². The number of rotatable bonds is 6. The zero-order valence-electron chi connectivity index (χ0n) is 10.2. The normalized spacial score (nSPS) is 11.8. The third-order valence-corrected chi connectivity index (χ3v) is 3.16. The fourth-order valence-corrected chi connectivity index (χ4v) is 2.08. The van der Waals surface area contributed by atoms with Gasteiger partial charge in [0.05, 0.1) is 15.7 Å². The van der Waals surface area contributed by atoms with Gasteiger partial charge in [-0.2, -0.15) is 13.2 Å². The summed E-state index contributed by atoms with van der Waals surface area (Å²) in [5, 5.41) is 3.79. The molecule has 0 amide bonds. The molecular formula is C12H15Cl2F3N2. The van der Waals surface area contributed by atoms with Gasteiger partial charge in [0.15, 0.2) is 0 Å². The molecular weight excluding hydrogens is 300 g/mol. The zero-order valence-corrected chi connectivity index (χ0v) is 11.7. The summed E-state index contributed by atoms with van der Waals surface area (Å²) in [4.78, 5) is 0. The molecule has 3 N–H and O–H groups in total. The van der Waals surface area contributed by atoms with Crippen LogP contribution in [0.4, 0.5) is 18.9 Å². The van der Waals surface area contributed by atoms with Gasteiger partial charge >= 0.3 is 6.18 Å². The highest BCUT2D eigenvalue weighted by molar-refractivity contribution is 6.38. The van der Waals surface area contributed by atoms with E-state index in [4.69, 9.17) is 28.9 Å². The van der Waals surface area contributed by atoms with E-state index in [9.17, 15) is 13.2 Å². The molecule has 0 spiro atoms. The number of halogens is 5. The highest BCUT2D eigenvalue weighted by Gasteiger charge is 2.25. The highest BCUT2D eigenvalue weighted by atomic mass is 35.5. The van der Waals surface area contributed by atoms with Crippen molar-refractivity contribution in [3.8, 4) is 0 Å². The molecule has 1 aromatic carbocycles. The Morgan fingerprint density at radius 1 is 1.11 bits per heavy atom. The quantitative estimate of drug-likeness (QED) is 0.603. The molecule has 2 nitrogen and oxygen atoms in total. The minimum Gasteiger partial charge on any atom is -0.396 e. The number of unbranched alkanes of at least 4 members (excludes halogenated alkanes) is 1. The average molecular weight is 315 g/mol. The van der Waals surface area contributed by atoms with Crippen molar-refractivity contribution >= 4 is 28.9 Å². The smallest absolute Gasteiger partial charge is 0.389 e. The predicted octanol–water partition coefficient (Wildman–Crippen LogP) is 4.40. The first-order valence-electron chi connectivity index (χ1n) is 5.80. The van der Waals surface area contributed by atoms with Crippen LogP contribution in [-0.2, 0) is 6.54 Å². The van der Waals surface area contributed by atoms with Crippen LogP contribution in [-0.4, -0.2) is 12.7 Å². The molecule has 0 aromatic heterocycles. The fraction of sp³-hybridized carbons (Fsp3) is 0.500. The Morgan fingerprint density at radius 3 is 2.21 bits per heavy atom. The van der Waals surface area contributed by atoms with Gasteiger partial charge in [0.25, 0.3) is 0 Å². The van der Waals surface area contributed by atoms with Gasteiger partial charge in [-0.15, -0.1) is 0 Å². The number of benzene rings is 1. The standard InChI is InChI=1S/C12H15Cl2F3N2/c13-9-5-8(6-10(14)11(9)18)7-19-4-2-1-3-12(15,16)17/h5-6,19H,1-4,7,18H2. The van der Waals surface area contributed by atoms with Gasteiger partial charge in [-0.1, -0.05) is 23.2 Å². The van der Waals surface area contributed by atoms with Crippen LogP contribution in [0.1, 0.15) is 24.8 Å². The summed E-state index contributed by atoms with van der Waals surface area (Å²) in [6.45, 7) is 1.00. The summed E-state index contributed by atoms with van der Waals surface area (Å²) in [7, 11) is 0. The molecule has 0 saturated heterocycles. The highest BCUT2D eigenvalue weighted by Crippen LogP contribution is 2.28. The molecule has 0 saturated carbocycles. The Kier molecular flexibility index (Phi) is 6.23. The lowest BCUT2D eigenvalue weighted by Gasteiger charge is -2.09. The summed E-state index contributed by atoms with van der Waals surface area (Å²) in [5.41, 5.74) is 6.77. The number of alkyl halides is 3. The second-order valence-corrected chi connectivity index (χ2v) is 5.04. The monoisotopic (exact) mass is 314 g/mol. The summed E-state index contributed by atoms with van der Waals surface area (Å²) in [6, 6.07) is 3.37. The van der Waals surface area contributed by atoms with Crippen molar-refractivity contribution in [1.29, 1.82) is 0 Å². The average Bonchev–Trinajstić information content (AvgIpc) is 2.29. The van der Waals surface area contributed by atoms with Crippen molar-refractivity contribution in [2.24, 2.45) is 0 Å². The molecule has 0 heterocycles. The molecule has 0 atom stereocenters. The molecule has 0 aliphatic carbocycles. The van der Waals surface area contributed by atoms with Crippen LogP contribution in [0.2, 0.25) is 10.0 Å². The number of nitrogens with one attached hydrogen (secondary N) is 1. The van der Waals surface area contributed by atoms with Gasteiger partial charge < -0.3 is 11.1 Å². The van der Waals surface area contributed by atoms with Crippen LogP contribution in [0.25, 0.3) is 0 Å². The summed E-state index contributed by atoms with van der Waals surface area (Å²) >= 11 is 11.7. The second kappa shape index (κ2) is 7.22. The van der Waals surface area contributed by atoms with Crippen LogP contribution < -0.4 is 11.1 Å². The Bertz CT molecular complexity index is 399. The first-order chi connectivity index (χ1) is 8.79. The van der Waals surface area contributed by atoms with Gasteiger partial charge in [0.2, 0.25) is 0 Å². The molecule has 0 unspecified atom stereocenters. The van der Waals surface area contributed by atoms with Gasteiger partial charge in [-0.05, 0) is 37.1 Å². The Balaban J connectivity index is 2.27. The van der Waals surface area contributed by atoms with Crippen LogP contribution in [0, 0.1) is 0 Å². The molecule has 7 heteroatoms. The van der Waals surface area contributed by atoms with Crippen molar-refractivity contribution in [1.82, 2.24) is 5.32 Å². The Hall–Kier alpha value is -0.650. The third kappa shape index (κ3) is 6.36. The largest absolute Gasteiger partial charge is 0.396 e. The molecule has 1 rings (SSSR count). The van der Waals surface area contributed by atoms with Gasteiger partial charge in [0.1, 0.15) is 0 Å². The SMILES string of the molecule is Nc1c(Cl)cc(CNCCCCC(F)(F)F)cc1Cl. The van der Waals surface area contributed by atoms with Gasteiger partial charge in [-0.3, -0.25) is 0 Å². The molecule has 19 heavy (non-hydrogen) atoms. The number of nitrogens with two attached hydrogens (primary N) is 1. The number of hydrogen-bond donors (Lipinski definition) is 2. The van der Waals surface area contributed by atoms with Crippen molar-refractivity contribution in [2.45, 2.75) is 32.0 Å².